The fourth-order valence-corrected chi connectivity index (χ4v) is 5.67. The van der Waals surface area contributed by atoms with E-state index in [-0.39, 0.29) is 29.8 Å². The first-order chi connectivity index (χ1) is 14.9. The van der Waals surface area contributed by atoms with E-state index in [9.17, 15) is 13.2 Å². The largest absolute Gasteiger partial charge is 0.301 e. The minimum Gasteiger partial charge on any atom is -0.301 e. The summed E-state index contributed by atoms with van der Waals surface area (Å²) in [6, 6.07) is 14.4. The van der Waals surface area contributed by atoms with E-state index < -0.39 is 10.0 Å². The predicted octanol–water partition coefficient (Wildman–Crippen LogP) is 4.79. The summed E-state index contributed by atoms with van der Waals surface area (Å²) in [6.45, 7) is 9.59. The summed E-state index contributed by atoms with van der Waals surface area (Å²) in [6.07, 6.45) is 3.74. The number of nitrogens with zero attached hydrogens (tertiary/aromatic N) is 2. The normalized spacial score (nSPS) is 12.6. The van der Waals surface area contributed by atoms with Gasteiger partial charge in [-0.2, -0.15) is 4.31 Å². The third-order valence-corrected chi connectivity index (χ3v) is 7.58. The second-order valence-electron chi connectivity index (χ2n) is 6.91. The first-order valence-electron chi connectivity index (χ1n) is 9.89. The number of anilines is 1. The number of benzene rings is 2. The molecule has 0 fully saturated rings. The first kappa shape index (κ1) is 22.9. The molecule has 1 unspecified atom stereocenters. The molecular formula is C23H25N3O3S2. The van der Waals surface area contributed by atoms with E-state index in [2.05, 4.69) is 23.5 Å². The van der Waals surface area contributed by atoms with Crippen LogP contribution >= 0.6 is 11.3 Å². The second kappa shape index (κ2) is 10.00. The molecule has 0 saturated heterocycles. The van der Waals surface area contributed by atoms with Gasteiger partial charge >= 0.3 is 0 Å². The van der Waals surface area contributed by atoms with Gasteiger partial charge in [-0.25, -0.2) is 13.4 Å². The summed E-state index contributed by atoms with van der Waals surface area (Å²) >= 11 is 1.25. The van der Waals surface area contributed by atoms with Crippen LogP contribution in [-0.2, 0) is 14.8 Å². The maximum atomic E-state index is 13.0. The Morgan fingerprint density at radius 2 is 1.84 bits per heavy atom. The number of carbonyl (C=O) groups excluding carboxylic acids is 1. The molecule has 3 aromatic rings. The van der Waals surface area contributed by atoms with Crippen molar-refractivity contribution in [3.63, 3.8) is 0 Å². The average molecular weight is 456 g/mol. The molecule has 0 bridgehead atoms. The van der Waals surface area contributed by atoms with Gasteiger partial charge in [0, 0.05) is 13.1 Å². The number of amides is 1. The summed E-state index contributed by atoms with van der Waals surface area (Å²) in [4.78, 5) is 17.4. The van der Waals surface area contributed by atoms with Gasteiger partial charge in [-0.1, -0.05) is 60.7 Å². The van der Waals surface area contributed by atoms with Gasteiger partial charge in [0.2, 0.25) is 15.9 Å². The lowest BCUT2D eigenvalue weighted by Gasteiger charge is -2.18. The van der Waals surface area contributed by atoms with E-state index in [0.29, 0.717) is 21.8 Å². The zero-order valence-corrected chi connectivity index (χ0v) is 19.0. The Bertz CT molecular complexity index is 1180. The molecule has 1 amide bonds. The zero-order valence-electron chi connectivity index (χ0n) is 17.3. The van der Waals surface area contributed by atoms with Crippen LogP contribution in [0.3, 0.4) is 0 Å². The zero-order chi connectivity index (χ0) is 22.4. The molecule has 0 aliphatic heterocycles. The molecule has 1 N–H and O–H groups in total. The van der Waals surface area contributed by atoms with Crippen molar-refractivity contribution >= 4 is 42.6 Å². The molecule has 0 radical (unpaired) electrons. The van der Waals surface area contributed by atoms with Crippen molar-refractivity contribution in [3.05, 3.63) is 79.4 Å². The molecule has 31 heavy (non-hydrogen) atoms. The first-order valence-corrected chi connectivity index (χ1v) is 12.1. The van der Waals surface area contributed by atoms with Gasteiger partial charge in [-0.3, -0.25) is 4.79 Å². The van der Waals surface area contributed by atoms with Crippen LogP contribution in [0.5, 0.6) is 0 Å². The fourth-order valence-electron chi connectivity index (χ4n) is 3.28. The summed E-state index contributed by atoms with van der Waals surface area (Å²) < 4.78 is 27.9. The number of aromatic nitrogens is 1. The molecule has 6 nitrogen and oxygen atoms in total. The molecule has 1 atom stereocenters. The van der Waals surface area contributed by atoms with Gasteiger partial charge in [0.1, 0.15) is 0 Å². The van der Waals surface area contributed by atoms with Crippen LogP contribution in [0.25, 0.3) is 10.2 Å². The van der Waals surface area contributed by atoms with Gasteiger partial charge in [0.15, 0.2) is 5.13 Å². The van der Waals surface area contributed by atoms with Crippen molar-refractivity contribution in [2.24, 2.45) is 0 Å². The molecule has 0 aliphatic carbocycles. The van der Waals surface area contributed by atoms with Gasteiger partial charge < -0.3 is 5.32 Å². The Labute approximate surface area is 187 Å². The molecule has 1 heterocycles. The molecular weight excluding hydrogens is 430 g/mol. The van der Waals surface area contributed by atoms with Crippen molar-refractivity contribution in [1.82, 2.24) is 9.29 Å². The minimum atomic E-state index is -3.70. The lowest BCUT2D eigenvalue weighted by Crippen LogP contribution is -2.31. The summed E-state index contributed by atoms with van der Waals surface area (Å²) in [5.41, 5.74) is 1.58. The molecule has 2 aromatic carbocycles. The lowest BCUT2D eigenvalue weighted by molar-refractivity contribution is -0.117. The quantitative estimate of drug-likeness (QED) is 0.446. The van der Waals surface area contributed by atoms with Crippen molar-refractivity contribution in [3.8, 4) is 0 Å². The standard InChI is InChI=1S/C23H25N3O3S2/c1-4-14-26(15-5-2)31(28,29)18-12-13-20-21(16-18)30-23(24-20)25-22(27)19(6-3)17-10-8-7-9-11-17/h4-5,7-13,16,19H,1-2,6,14-15H2,3H3,(H,24,25,27). The number of nitrogens with one attached hydrogen (secondary N) is 1. The monoisotopic (exact) mass is 455 g/mol. The smallest absolute Gasteiger partial charge is 0.243 e. The predicted molar refractivity (Wildman–Crippen MR) is 127 cm³/mol. The number of rotatable bonds is 10. The maximum absolute atomic E-state index is 13.0. The highest BCUT2D eigenvalue weighted by Crippen LogP contribution is 2.30. The van der Waals surface area contributed by atoms with E-state index in [4.69, 9.17) is 0 Å². The molecule has 8 heteroatoms. The van der Waals surface area contributed by atoms with E-state index in [0.717, 1.165) is 5.56 Å². The highest BCUT2D eigenvalue weighted by atomic mass is 32.2. The molecule has 0 saturated carbocycles. The van der Waals surface area contributed by atoms with Crippen molar-refractivity contribution < 1.29 is 13.2 Å². The Morgan fingerprint density at radius 3 is 2.45 bits per heavy atom. The van der Waals surface area contributed by atoms with Crippen LogP contribution in [-0.4, -0.2) is 36.7 Å². The number of thiazole rings is 1. The van der Waals surface area contributed by atoms with Crippen LogP contribution in [0.4, 0.5) is 5.13 Å². The molecule has 0 spiro atoms. The Kier molecular flexibility index (Phi) is 7.37. The Balaban J connectivity index is 1.86. The number of sulfonamides is 1. The fraction of sp³-hybridized carbons (Fsp3) is 0.217. The summed E-state index contributed by atoms with van der Waals surface area (Å²) in [5.74, 6) is -0.417. The number of fused-ring (bicyclic) bond motifs is 1. The van der Waals surface area contributed by atoms with Gasteiger partial charge in [-0.05, 0) is 30.2 Å². The third kappa shape index (κ3) is 5.10. The van der Waals surface area contributed by atoms with E-state index in [1.165, 1.54) is 33.9 Å². The van der Waals surface area contributed by atoms with Crippen LogP contribution < -0.4 is 5.32 Å². The number of carbonyl (C=O) groups is 1. The highest BCUT2D eigenvalue weighted by Gasteiger charge is 2.24. The molecule has 162 valence electrons. The molecule has 0 aliphatic rings. The third-order valence-electron chi connectivity index (χ3n) is 4.82. The average Bonchev–Trinajstić information content (AvgIpc) is 3.16. The maximum Gasteiger partial charge on any atom is 0.243 e. The SMILES string of the molecule is C=CCN(CC=C)S(=O)(=O)c1ccc2nc(NC(=O)C(CC)c3ccccc3)sc2c1. The highest BCUT2D eigenvalue weighted by molar-refractivity contribution is 7.89. The van der Waals surface area contributed by atoms with Gasteiger partial charge in [-0.15, -0.1) is 13.2 Å². The number of hydrogen-bond donors (Lipinski definition) is 1. The van der Waals surface area contributed by atoms with Crippen LogP contribution in [0.1, 0.15) is 24.8 Å². The molecule has 1 aromatic heterocycles. The van der Waals surface area contributed by atoms with E-state index in [1.807, 2.05) is 37.3 Å². The second-order valence-corrected chi connectivity index (χ2v) is 9.88. The van der Waals surface area contributed by atoms with Crippen molar-refractivity contribution in [2.75, 3.05) is 18.4 Å². The van der Waals surface area contributed by atoms with Gasteiger partial charge in [0.05, 0.1) is 21.0 Å². The van der Waals surface area contributed by atoms with Crippen molar-refractivity contribution in [1.29, 1.82) is 0 Å². The minimum absolute atomic E-state index is 0.135. The molecule has 3 rings (SSSR count). The van der Waals surface area contributed by atoms with Crippen LogP contribution in [0.15, 0.2) is 78.7 Å². The Morgan fingerprint density at radius 1 is 1.16 bits per heavy atom. The van der Waals surface area contributed by atoms with Gasteiger partial charge in [0.25, 0.3) is 0 Å². The Hall–Kier alpha value is -2.81. The van der Waals surface area contributed by atoms with Crippen LogP contribution in [0, 0.1) is 0 Å². The van der Waals surface area contributed by atoms with E-state index in [1.54, 1.807) is 12.1 Å². The number of hydrogen-bond acceptors (Lipinski definition) is 5. The van der Waals surface area contributed by atoms with E-state index >= 15 is 0 Å². The lowest BCUT2D eigenvalue weighted by atomic mass is 9.96. The topological polar surface area (TPSA) is 79.4 Å². The van der Waals surface area contributed by atoms with Crippen LogP contribution in [0.2, 0.25) is 0 Å². The summed E-state index contributed by atoms with van der Waals surface area (Å²) in [5, 5.41) is 3.33. The summed E-state index contributed by atoms with van der Waals surface area (Å²) in [7, 11) is -3.70. The van der Waals surface area contributed by atoms with Crippen molar-refractivity contribution in [2.45, 2.75) is 24.2 Å².